The number of fused-ring (bicyclic) bond motifs is 12. The van der Waals surface area contributed by atoms with E-state index in [2.05, 4.69) is 34.4 Å². The predicted molar refractivity (Wildman–Crippen MR) is 360 cm³/mol. The van der Waals surface area contributed by atoms with Gasteiger partial charge < -0.3 is 82.4 Å². The van der Waals surface area contributed by atoms with Crippen LogP contribution in [0.25, 0.3) is 56.0 Å². The third kappa shape index (κ3) is 20.8. The number of esters is 1. The number of carboxylic acids is 1. The molecule has 8 bridgehead atoms. The number of aromatic nitrogens is 4. The van der Waals surface area contributed by atoms with E-state index in [1.165, 1.54) is 7.11 Å². The number of aromatic amines is 2. The fourth-order valence-corrected chi connectivity index (χ4v) is 11.9. The van der Waals surface area contributed by atoms with Gasteiger partial charge in [0.2, 0.25) is 5.91 Å². The molecule has 22 heteroatoms. The zero-order valence-electron chi connectivity index (χ0n) is 57.4. The minimum Gasteiger partial charge on any atom is -0.677 e. The molecule has 1 fully saturated rings. The number of nitrogens with two attached hydrogens (primary N) is 2. The average Bonchev–Trinajstić information content (AvgIpc) is 1.53. The van der Waals surface area contributed by atoms with E-state index in [1.54, 1.807) is 13.8 Å². The summed E-state index contributed by atoms with van der Waals surface area (Å²) in [5, 5.41) is 29.4. The molecule has 1 radical (unpaired) electrons. The van der Waals surface area contributed by atoms with Gasteiger partial charge in [0.15, 0.2) is 0 Å². The summed E-state index contributed by atoms with van der Waals surface area (Å²) >= 11 is 0. The SMILES string of the molecule is C=Cc1c(C)c2cc3nc(cc4[nH]c(cc5nc(cc1[nH]2)C(C)=C5CCC(=O)NC(C)(C)COC(C)(C)CO)c(CCC(=O)O)c4C)C1(C)C3=CC=C(C)C1C(=O)OC.O=CO.[CH2-]OC(C)(C)CC(=O)C(C)(C)C.[CH3-].[CH3-].[NH-]CC1C2CC/C(N)=C(/[N-]N)CCC12.[W].[Y]. The second kappa shape index (κ2) is 35.3. The van der Waals surface area contributed by atoms with Gasteiger partial charge in [-0.25, -0.2) is 12.1 Å². The van der Waals surface area contributed by atoms with Gasteiger partial charge in [0.25, 0.3) is 6.47 Å². The smallest absolute Gasteiger partial charge is 0.314 e. The molecule has 0 saturated heterocycles. The van der Waals surface area contributed by atoms with Crippen molar-refractivity contribution in [3.63, 3.8) is 0 Å². The molecule has 5 aliphatic rings. The molecule has 8 rings (SSSR count). The van der Waals surface area contributed by atoms with Crippen LogP contribution >= 0.6 is 0 Å². The third-order valence-corrected chi connectivity index (χ3v) is 17.5. The summed E-state index contributed by atoms with van der Waals surface area (Å²) in [6.45, 7) is 31.3. The van der Waals surface area contributed by atoms with Gasteiger partial charge in [0.05, 0.1) is 65.6 Å². The second-order valence-corrected chi connectivity index (χ2v) is 26.6. The fourth-order valence-electron chi connectivity index (χ4n) is 11.9. The minimum atomic E-state index is -0.916. The minimum absolute atomic E-state index is 0. The molecule has 3 aromatic heterocycles. The molecule has 20 nitrogen and oxygen atoms in total. The van der Waals surface area contributed by atoms with E-state index in [1.807, 2.05) is 126 Å². The Kier molecular flexibility index (Phi) is 32.5. The number of carbonyl (C=O) groups excluding carboxylic acids is 3. The van der Waals surface area contributed by atoms with E-state index >= 15 is 0 Å². The van der Waals surface area contributed by atoms with Crippen molar-refractivity contribution in [3.05, 3.63) is 138 Å². The maximum atomic E-state index is 13.6. The van der Waals surface area contributed by atoms with E-state index < -0.39 is 34.0 Å². The Morgan fingerprint density at radius 3 is 1.99 bits per heavy atom. The first-order valence-electron chi connectivity index (χ1n) is 30.0. The van der Waals surface area contributed by atoms with Crippen molar-refractivity contribution in [1.82, 2.24) is 25.3 Å². The van der Waals surface area contributed by atoms with Crippen molar-refractivity contribution in [1.29, 1.82) is 0 Å². The summed E-state index contributed by atoms with van der Waals surface area (Å²) < 4.78 is 16.2. The van der Waals surface area contributed by atoms with Gasteiger partial charge in [0.1, 0.15) is 5.78 Å². The number of carbonyl (C=O) groups is 5. The number of rotatable bonds is 18. The summed E-state index contributed by atoms with van der Waals surface area (Å²) in [5.41, 5.74) is 28.7. The molecule has 5 unspecified atom stereocenters. The zero-order valence-corrected chi connectivity index (χ0v) is 63.2. The third-order valence-electron chi connectivity index (χ3n) is 17.5. The van der Waals surface area contributed by atoms with Gasteiger partial charge in [-0.15, -0.1) is 12.2 Å². The number of aliphatic hydroxyl groups is 1. The van der Waals surface area contributed by atoms with E-state index in [0.717, 1.165) is 116 Å². The molecule has 5 atom stereocenters. The first kappa shape index (κ1) is 84.6. The van der Waals surface area contributed by atoms with Gasteiger partial charge in [-0.3, -0.25) is 29.0 Å². The van der Waals surface area contributed by atoms with E-state index in [-0.39, 0.29) is 131 Å². The van der Waals surface area contributed by atoms with Crippen molar-refractivity contribution >= 4 is 75.0 Å². The first-order valence-corrected chi connectivity index (χ1v) is 30.0. The van der Waals surface area contributed by atoms with Crippen molar-refractivity contribution in [2.75, 3.05) is 26.9 Å². The molecular weight excluding hydrogens is 1420 g/mol. The molecule has 3 aliphatic carbocycles. The predicted octanol–water partition coefficient (Wildman–Crippen LogP) is 13.1. The van der Waals surface area contributed by atoms with Crippen LogP contribution in [0.5, 0.6) is 0 Å². The van der Waals surface area contributed by atoms with Gasteiger partial charge in [-0.2, -0.15) is 0 Å². The summed E-state index contributed by atoms with van der Waals surface area (Å²) in [4.78, 5) is 76.5. The number of amides is 1. The number of allylic oxidation sites excluding steroid dienone is 7. The van der Waals surface area contributed by atoms with Crippen LogP contribution in [0.3, 0.4) is 0 Å². The van der Waals surface area contributed by atoms with Crippen LogP contribution in [0.4, 0.5) is 0 Å². The Labute approximate surface area is 585 Å². The largest absolute Gasteiger partial charge is 0.677 e. The number of ether oxygens (including phenoxy) is 3. The second-order valence-electron chi connectivity index (χ2n) is 26.6. The maximum Gasteiger partial charge on any atom is 0.314 e. The zero-order chi connectivity index (χ0) is 66.0. The fraction of sp³-hybridized carbons (Fsp3) is 0.514. The Morgan fingerprint density at radius 2 is 1.45 bits per heavy atom. The number of aliphatic hydroxyl groups excluding tert-OH is 1. The van der Waals surface area contributed by atoms with Gasteiger partial charge >= 0.3 is 11.9 Å². The number of methoxy groups -OCH3 is 1. The number of hydrogen-bond acceptors (Lipinski definition) is 13. The molecule has 0 spiro atoms. The standard InChI is InChI=1S/C47H57N5O7.C10H18N4.C10H19O2.CH2O2.2CH3.W.Y/c1-12-29-26(3)34-20-39-32-16-13-25(2)43(44(57)58-11)47(32,10)40(51-39)22-35-28(5)31(15-18-42(55)56)38(50-35)21-37-30(27(4)33(49-37)19-36(29)48-34)14-17-41(54)52-45(6,7)24-59-46(8,9)23-53;11-5-8-6-1-3-9(12)10(14-13)4-2-7(6)8;1-9(2,3)8(11)7-10(4,5)12-6;2-1-3;;;;/h12-13,16,19-22,43,48,50,53H,1,14-15,17-18,23-24H2,2-11H3,(H,52,54)(H,55,56);6-8,11H,1-5,12-13H2;6-7H2,1-5H3;1H,(H,2,3);2*1H3;;/q;-2;-1;;2*-1;;/b;10-9-;;;;;;. The summed E-state index contributed by atoms with van der Waals surface area (Å²) in [6, 6.07) is 7.92. The Hall–Kier alpha value is -5.44. The Balaban J connectivity index is 0.00000105. The van der Waals surface area contributed by atoms with E-state index in [0.29, 0.717) is 47.9 Å². The normalized spacial score (nSPS) is 19.8. The number of hydrogen-bond donors (Lipinski definition) is 8. The van der Waals surface area contributed by atoms with Crippen molar-refractivity contribution in [3.8, 4) is 0 Å². The molecule has 2 aliphatic heterocycles. The van der Waals surface area contributed by atoms with Crippen LogP contribution in [0.2, 0.25) is 0 Å². The van der Waals surface area contributed by atoms with Crippen molar-refractivity contribution in [2.45, 2.75) is 177 Å². The molecule has 1 amide bonds. The van der Waals surface area contributed by atoms with Crippen LogP contribution in [-0.4, -0.2) is 109 Å². The Morgan fingerprint density at radius 1 is 0.870 bits per heavy atom. The van der Waals surface area contributed by atoms with Crippen LogP contribution < -0.4 is 16.9 Å². The average molecular weight is 1520 g/mol. The summed E-state index contributed by atoms with van der Waals surface area (Å²) in [6.07, 6.45) is 11.0. The molecule has 507 valence electrons. The molecule has 0 aromatic carbocycles. The number of aliphatic carboxylic acids is 1. The molecule has 3 aromatic rings. The topological polar surface area (TPSA) is 333 Å². The number of Topliss-reactive ketones (excluding diaryl/α,β-unsaturated/α-hetero) is 1. The van der Waals surface area contributed by atoms with Gasteiger partial charge in [-0.1, -0.05) is 57.1 Å². The number of nitrogens with one attached hydrogen (secondary N) is 4. The van der Waals surface area contributed by atoms with Crippen LogP contribution in [0.15, 0.2) is 60.0 Å². The maximum absolute atomic E-state index is 13.6. The van der Waals surface area contributed by atoms with Crippen molar-refractivity contribution < 1.29 is 107 Å². The van der Waals surface area contributed by atoms with Gasteiger partial charge in [-0.05, 0) is 190 Å². The summed E-state index contributed by atoms with van der Waals surface area (Å²) in [7, 11) is 4.74. The van der Waals surface area contributed by atoms with E-state index in [4.69, 9.17) is 51.4 Å². The quantitative estimate of drug-likeness (QED) is 0.0193. The Bertz CT molecular complexity index is 3420. The number of carboxylic acid groups (broad SMARTS) is 2. The summed E-state index contributed by atoms with van der Waals surface area (Å²) in [5.74, 6) is 5.55. The number of aryl methyl sites for hydroxylation is 3. The first-order chi connectivity index (χ1) is 41.1. The van der Waals surface area contributed by atoms with Crippen molar-refractivity contribution in [2.24, 2.45) is 40.7 Å². The molecular formula is C70H102N9O11WY-5. The molecule has 92 heavy (non-hydrogen) atoms. The molecule has 1 saturated carbocycles. The number of nitrogens with zero attached hydrogens (tertiary/aromatic N) is 3. The van der Waals surface area contributed by atoms with Crippen LogP contribution in [-0.2, 0) is 104 Å². The molecule has 5 heterocycles. The van der Waals surface area contributed by atoms with Crippen LogP contribution in [0, 0.1) is 64.9 Å². The van der Waals surface area contributed by atoms with E-state index in [9.17, 15) is 29.4 Å². The van der Waals surface area contributed by atoms with Crippen LogP contribution in [0.1, 0.15) is 179 Å². The monoisotopic (exact) mass is 1520 g/mol. The number of H-pyrrole nitrogens is 2. The number of ketones is 1. The molecule has 11 N–H and O–H groups in total. The van der Waals surface area contributed by atoms with Gasteiger partial charge in [0, 0.05) is 112 Å².